The Kier molecular flexibility index (Phi) is 5.02. The molecule has 0 aliphatic rings. The second-order valence-electron chi connectivity index (χ2n) is 3.70. The van der Waals surface area contributed by atoms with Crippen molar-refractivity contribution in [2.45, 2.75) is 13.3 Å². The maximum atomic E-state index is 10.8. The van der Waals surface area contributed by atoms with Crippen LogP contribution in [0.3, 0.4) is 0 Å². The lowest BCUT2D eigenvalue weighted by atomic mass is 10.3. The summed E-state index contributed by atoms with van der Waals surface area (Å²) in [6.45, 7) is 2.28. The Labute approximate surface area is 102 Å². The zero-order chi connectivity index (χ0) is 12.8. The summed E-state index contributed by atoms with van der Waals surface area (Å²) in [5.74, 6) is 0.842. The van der Waals surface area contributed by atoms with Gasteiger partial charge < -0.3 is 5.32 Å². The Morgan fingerprint density at radius 2 is 2.29 bits per heavy atom. The van der Waals surface area contributed by atoms with Crippen molar-refractivity contribution in [1.82, 2.24) is 4.98 Å². The minimum atomic E-state index is -0.836. The molecule has 0 saturated carbocycles. The number of hydrogen-bond acceptors (Lipinski definition) is 5. The van der Waals surface area contributed by atoms with Gasteiger partial charge in [0.25, 0.3) is 0 Å². The molecule has 1 aromatic rings. The van der Waals surface area contributed by atoms with Crippen LogP contribution in [0, 0.1) is 17.0 Å². The first-order valence-electron chi connectivity index (χ1n) is 5.15. The SMILES string of the molecule is Cc1cnc(NCCCS(C)=O)c([N+](=O)[O-])c1. The molecule has 1 atom stereocenters. The third-order valence-corrected chi connectivity index (χ3v) is 2.97. The monoisotopic (exact) mass is 257 g/mol. The van der Waals surface area contributed by atoms with Crippen LogP contribution >= 0.6 is 0 Å². The number of aromatic nitrogens is 1. The summed E-state index contributed by atoms with van der Waals surface area (Å²) in [4.78, 5) is 14.3. The van der Waals surface area contributed by atoms with Gasteiger partial charge in [0, 0.05) is 41.6 Å². The first-order chi connectivity index (χ1) is 8.00. The number of nitro groups is 1. The van der Waals surface area contributed by atoms with Crippen molar-refractivity contribution >= 4 is 22.3 Å². The molecular weight excluding hydrogens is 242 g/mol. The maximum Gasteiger partial charge on any atom is 0.311 e. The summed E-state index contributed by atoms with van der Waals surface area (Å²) < 4.78 is 10.8. The minimum absolute atomic E-state index is 0.0254. The Balaban J connectivity index is 2.64. The highest BCUT2D eigenvalue weighted by Gasteiger charge is 2.14. The Morgan fingerprint density at radius 1 is 1.59 bits per heavy atom. The number of nitrogens with zero attached hydrogens (tertiary/aromatic N) is 2. The van der Waals surface area contributed by atoms with Crippen molar-refractivity contribution in [2.24, 2.45) is 0 Å². The lowest BCUT2D eigenvalue weighted by Crippen LogP contribution is -2.09. The van der Waals surface area contributed by atoms with Crippen LogP contribution < -0.4 is 5.32 Å². The second-order valence-corrected chi connectivity index (χ2v) is 5.25. The molecule has 94 valence electrons. The number of anilines is 1. The summed E-state index contributed by atoms with van der Waals surface area (Å²) in [5.41, 5.74) is 0.722. The van der Waals surface area contributed by atoms with E-state index < -0.39 is 15.7 Å². The predicted octanol–water partition coefficient (Wildman–Crippen LogP) is 1.48. The Morgan fingerprint density at radius 3 is 2.88 bits per heavy atom. The maximum absolute atomic E-state index is 10.8. The molecule has 0 saturated heterocycles. The van der Waals surface area contributed by atoms with E-state index in [9.17, 15) is 14.3 Å². The molecule has 1 aromatic heterocycles. The lowest BCUT2D eigenvalue weighted by molar-refractivity contribution is -0.384. The molecule has 0 spiro atoms. The molecule has 7 heteroatoms. The van der Waals surface area contributed by atoms with Crippen LogP contribution in [-0.2, 0) is 10.8 Å². The van der Waals surface area contributed by atoms with E-state index in [0.29, 0.717) is 18.7 Å². The zero-order valence-electron chi connectivity index (χ0n) is 9.80. The molecule has 0 amide bonds. The van der Waals surface area contributed by atoms with Gasteiger partial charge in [-0.05, 0) is 18.9 Å². The highest BCUT2D eigenvalue weighted by Crippen LogP contribution is 2.22. The second kappa shape index (κ2) is 6.29. The molecular formula is C10H15N3O3S. The fourth-order valence-corrected chi connectivity index (χ4v) is 1.86. The molecule has 0 aliphatic heterocycles. The van der Waals surface area contributed by atoms with Crippen LogP contribution in [0.2, 0.25) is 0 Å². The molecule has 6 nitrogen and oxygen atoms in total. The standard InChI is InChI=1S/C10H15N3O3S/c1-8-6-9(13(14)15)10(12-7-8)11-4-3-5-17(2)16/h6-7H,3-5H2,1-2H3,(H,11,12). The average molecular weight is 257 g/mol. The highest BCUT2D eigenvalue weighted by molar-refractivity contribution is 7.84. The summed E-state index contributed by atoms with van der Waals surface area (Å²) in [7, 11) is -0.836. The van der Waals surface area contributed by atoms with Crippen molar-refractivity contribution in [3.8, 4) is 0 Å². The van der Waals surface area contributed by atoms with E-state index in [-0.39, 0.29) is 11.5 Å². The van der Waals surface area contributed by atoms with Gasteiger partial charge >= 0.3 is 5.69 Å². The third kappa shape index (κ3) is 4.48. The molecule has 0 fully saturated rings. The Bertz CT molecular complexity index is 437. The molecule has 0 radical (unpaired) electrons. The highest BCUT2D eigenvalue weighted by atomic mass is 32.2. The van der Waals surface area contributed by atoms with Gasteiger partial charge in [0.2, 0.25) is 5.82 Å². The van der Waals surface area contributed by atoms with Gasteiger partial charge in [-0.25, -0.2) is 4.98 Å². The van der Waals surface area contributed by atoms with E-state index in [1.54, 1.807) is 19.4 Å². The number of hydrogen-bond donors (Lipinski definition) is 1. The average Bonchev–Trinajstić information content (AvgIpc) is 2.25. The van der Waals surface area contributed by atoms with Crippen LogP contribution in [-0.4, -0.2) is 32.7 Å². The van der Waals surface area contributed by atoms with E-state index in [2.05, 4.69) is 10.3 Å². The van der Waals surface area contributed by atoms with E-state index in [4.69, 9.17) is 0 Å². The first kappa shape index (κ1) is 13.6. The van der Waals surface area contributed by atoms with Gasteiger partial charge in [-0.3, -0.25) is 14.3 Å². The van der Waals surface area contributed by atoms with E-state index >= 15 is 0 Å². The van der Waals surface area contributed by atoms with E-state index in [1.807, 2.05) is 0 Å². The molecule has 0 aromatic carbocycles. The summed E-state index contributed by atoms with van der Waals surface area (Å²) in [6, 6.07) is 1.48. The van der Waals surface area contributed by atoms with Crippen molar-refractivity contribution in [1.29, 1.82) is 0 Å². The van der Waals surface area contributed by atoms with E-state index in [0.717, 1.165) is 5.56 Å². The van der Waals surface area contributed by atoms with E-state index in [1.165, 1.54) is 6.07 Å². The molecule has 0 aliphatic carbocycles. The van der Waals surface area contributed by atoms with Gasteiger partial charge in [0.05, 0.1) is 4.92 Å². The number of pyridine rings is 1. The molecule has 1 N–H and O–H groups in total. The minimum Gasteiger partial charge on any atom is -0.364 e. The smallest absolute Gasteiger partial charge is 0.311 e. The topological polar surface area (TPSA) is 85.1 Å². The fraction of sp³-hybridized carbons (Fsp3) is 0.500. The zero-order valence-corrected chi connectivity index (χ0v) is 10.6. The largest absolute Gasteiger partial charge is 0.364 e. The number of rotatable bonds is 6. The van der Waals surface area contributed by atoms with Crippen molar-refractivity contribution in [3.63, 3.8) is 0 Å². The summed E-state index contributed by atoms with van der Waals surface area (Å²) in [5, 5.41) is 13.7. The normalized spacial score (nSPS) is 12.1. The Hall–Kier alpha value is -1.50. The van der Waals surface area contributed by atoms with Crippen LogP contribution in [0.25, 0.3) is 0 Å². The lowest BCUT2D eigenvalue weighted by Gasteiger charge is -2.05. The van der Waals surface area contributed by atoms with Crippen LogP contribution in [0.1, 0.15) is 12.0 Å². The van der Waals surface area contributed by atoms with Crippen LogP contribution in [0.15, 0.2) is 12.3 Å². The number of nitrogens with one attached hydrogen (secondary N) is 1. The van der Waals surface area contributed by atoms with Crippen molar-refractivity contribution < 1.29 is 9.13 Å². The fourth-order valence-electron chi connectivity index (χ4n) is 1.31. The molecule has 1 heterocycles. The first-order valence-corrected chi connectivity index (χ1v) is 6.88. The van der Waals surface area contributed by atoms with Crippen LogP contribution in [0.5, 0.6) is 0 Å². The molecule has 1 unspecified atom stereocenters. The molecule has 17 heavy (non-hydrogen) atoms. The van der Waals surface area contributed by atoms with Crippen LogP contribution in [0.4, 0.5) is 11.5 Å². The number of aryl methyl sites for hydroxylation is 1. The van der Waals surface area contributed by atoms with Crippen molar-refractivity contribution in [3.05, 3.63) is 27.9 Å². The molecule has 0 bridgehead atoms. The van der Waals surface area contributed by atoms with Gasteiger partial charge in [-0.15, -0.1) is 0 Å². The third-order valence-electron chi connectivity index (χ3n) is 2.10. The van der Waals surface area contributed by atoms with Gasteiger partial charge in [0.15, 0.2) is 0 Å². The van der Waals surface area contributed by atoms with Gasteiger partial charge in [-0.2, -0.15) is 0 Å². The van der Waals surface area contributed by atoms with Gasteiger partial charge in [0.1, 0.15) is 0 Å². The van der Waals surface area contributed by atoms with Gasteiger partial charge in [-0.1, -0.05) is 0 Å². The van der Waals surface area contributed by atoms with Crippen molar-refractivity contribution in [2.75, 3.05) is 23.9 Å². The summed E-state index contributed by atoms with van der Waals surface area (Å²) in [6.07, 6.45) is 3.90. The predicted molar refractivity (Wildman–Crippen MR) is 67.7 cm³/mol. The summed E-state index contributed by atoms with van der Waals surface area (Å²) >= 11 is 0. The quantitative estimate of drug-likeness (QED) is 0.474. The molecule has 1 rings (SSSR count).